The molecule has 0 saturated heterocycles. The Morgan fingerprint density at radius 2 is 1.90 bits per heavy atom. The molecule has 1 rings (SSSR count). The largest absolute Gasteiger partial charge is 0.411 e. The fourth-order valence-corrected chi connectivity index (χ4v) is 1.47. The highest BCUT2D eigenvalue weighted by atomic mass is 19.4. The van der Waals surface area contributed by atoms with Gasteiger partial charge in [-0.3, -0.25) is 4.79 Å². The number of rotatable bonds is 7. The molecule has 0 bridgehead atoms. The van der Waals surface area contributed by atoms with Gasteiger partial charge in [0.05, 0.1) is 0 Å². The molecule has 4 nitrogen and oxygen atoms in total. The van der Waals surface area contributed by atoms with E-state index in [-0.39, 0.29) is 25.4 Å². The second-order valence-electron chi connectivity index (χ2n) is 4.22. The predicted octanol–water partition coefficient (Wildman–Crippen LogP) is 2.44. The average Bonchev–Trinajstić information content (AvgIpc) is 2.38. The Morgan fingerprint density at radius 3 is 2.45 bits per heavy atom. The van der Waals surface area contributed by atoms with Crippen molar-refractivity contribution in [2.75, 3.05) is 18.5 Å². The lowest BCUT2D eigenvalue weighted by Crippen LogP contribution is -2.18. The van der Waals surface area contributed by atoms with E-state index in [2.05, 4.69) is 10.1 Å². The van der Waals surface area contributed by atoms with Crippen molar-refractivity contribution >= 4 is 11.6 Å². The summed E-state index contributed by atoms with van der Waals surface area (Å²) in [6.45, 7) is -0.959. The number of alkyl halides is 3. The maximum atomic E-state index is 11.8. The molecule has 0 fully saturated rings. The standard InChI is InChI=1S/C13H17F3N2O2/c14-13(15,16)9-20-7-1-2-12(19)18-11-5-3-10(8-17)4-6-11/h3-6H,1-2,7-9,17H2,(H,18,19). The zero-order chi connectivity index (χ0) is 15.0. The number of amides is 1. The van der Waals surface area contributed by atoms with Crippen LogP contribution in [0.2, 0.25) is 0 Å². The van der Waals surface area contributed by atoms with E-state index in [1.165, 1.54) is 0 Å². The summed E-state index contributed by atoms with van der Waals surface area (Å²) in [6.07, 6.45) is -3.98. The summed E-state index contributed by atoms with van der Waals surface area (Å²) in [7, 11) is 0. The molecule has 1 aromatic carbocycles. The molecule has 0 atom stereocenters. The Bertz CT molecular complexity index is 419. The molecule has 0 saturated carbocycles. The molecule has 3 N–H and O–H groups in total. The summed E-state index contributed by atoms with van der Waals surface area (Å²) in [5.41, 5.74) is 7.02. The molecule has 1 amide bonds. The topological polar surface area (TPSA) is 64.3 Å². The van der Waals surface area contributed by atoms with E-state index in [0.717, 1.165) is 5.56 Å². The first-order valence-corrected chi connectivity index (χ1v) is 6.14. The highest BCUT2D eigenvalue weighted by Crippen LogP contribution is 2.14. The lowest BCUT2D eigenvalue weighted by molar-refractivity contribution is -0.174. The Labute approximate surface area is 115 Å². The van der Waals surface area contributed by atoms with Crippen molar-refractivity contribution in [3.63, 3.8) is 0 Å². The molecule has 0 unspecified atom stereocenters. The quantitative estimate of drug-likeness (QED) is 0.758. The van der Waals surface area contributed by atoms with Crippen LogP contribution in [-0.2, 0) is 16.1 Å². The minimum atomic E-state index is -4.33. The first-order chi connectivity index (χ1) is 9.40. The highest BCUT2D eigenvalue weighted by Gasteiger charge is 2.27. The van der Waals surface area contributed by atoms with E-state index in [9.17, 15) is 18.0 Å². The van der Waals surface area contributed by atoms with Crippen LogP contribution in [0.1, 0.15) is 18.4 Å². The highest BCUT2D eigenvalue weighted by molar-refractivity contribution is 5.90. The molecule has 0 radical (unpaired) electrons. The van der Waals surface area contributed by atoms with Crippen LogP contribution in [0.4, 0.5) is 18.9 Å². The number of nitrogens with two attached hydrogens (primary N) is 1. The van der Waals surface area contributed by atoms with Crippen molar-refractivity contribution < 1.29 is 22.7 Å². The summed E-state index contributed by atoms with van der Waals surface area (Å²) >= 11 is 0. The van der Waals surface area contributed by atoms with Gasteiger partial charge in [-0.25, -0.2) is 0 Å². The lowest BCUT2D eigenvalue weighted by Gasteiger charge is -2.08. The zero-order valence-corrected chi connectivity index (χ0v) is 10.9. The van der Waals surface area contributed by atoms with Crippen molar-refractivity contribution in [2.24, 2.45) is 5.73 Å². The fourth-order valence-electron chi connectivity index (χ4n) is 1.47. The molecule has 0 heterocycles. The minimum Gasteiger partial charge on any atom is -0.372 e. The van der Waals surface area contributed by atoms with Crippen molar-refractivity contribution in [3.05, 3.63) is 29.8 Å². The van der Waals surface area contributed by atoms with Crippen LogP contribution in [0.3, 0.4) is 0 Å². The van der Waals surface area contributed by atoms with Gasteiger partial charge in [0.1, 0.15) is 6.61 Å². The number of hydrogen-bond donors (Lipinski definition) is 2. The van der Waals surface area contributed by atoms with Crippen LogP contribution in [0.25, 0.3) is 0 Å². The van der Waals surface area contributed by atoms with Crippen molar-refractivity contribution in [3.8, 4) is 0 Å². The second-order valence-corrected chi connectivity index (χ2v) is 4.22. The molecule has 20 heavy (non-hydrogen) atoms. The first kappa shape index (κ1) is 16.5. The maximum absolute atomic E-state index is 11.8. The molecule has 112 valence electrons. The van der Waals surface area contributed by atoms with Gasteiger partial charge in [-0.15, -0.1) is 0 Å². The van der Waals surface area contributed by atoms with E-state index < -0.39 is 12.8 Å². The van der Waals surface area contributed by atoms with Crippen molar-refractivity contribution in [1.29, 1.82) is 0 Å². The van der Waals surface area contributed by atoms with E-state index >= 15 is 0 Å². The number of carbonyl (C=O) groups is 1. The summed E-state index contributed by atoms with van der Waals surface area (Å²) in [6, 6.07) is 7.03. The number of nitrogens with one attached hydrogen (secondary N) is 1. The number of carbonyl (C=O) groups excluding carboxylic acids is 1. The third kappa shape index (κ3) is 7.10. The average molecular weight is 290 g/mol. The van der Waals surface area contributed by atoms with Gasteiger partial charge < -0.3 is 15.8 Å². The van der Waals surface area contributed by atoms with Crippen LogP contribution < -0.4 is 11.1 Å². The Kier molecular flexibility index (Phi) is 6.47. The molecule has 0 aliphatic rings. The molecule has 0 aliphatic heterocycles. The van der Waals surface area contributed by atoms with Crippen LogP contribution in [0.15, 0.2) is 24.3 Å². The van der Waals surface area contributed by atoms with Gasteiger partial charge in [0.25, 0.3) is 0 Å². The normalized spacial score (nSPS) is 11.4. The van der Waals surface area contributed by atoms with Crippen LogP contribution >= 0.6 is 0 Å². The second kappa shape index (κ2) is 7.86. The third-order valence-electron chi connectivity index (χ3n) is 2.43. The summed E-state index contributed by atoms with van der Waals surface area (Å²) in [5.74, 6) is -0.263. The van der Waals surface area contributed by atoms with Gasteiger partial charge in [-0.1, -0.05) is 12.1 Å². The van der Waals surface area contributed by atoms with Crippen molar-refractivity contribution in [2.45, 2.75) is 25.6 Å². The summed E-state index contributed by atoms with van der Waals surface area (Å²) in [4.78, 5) is 11.5. The number of benzene rings is 1. The number of ether oxygens (including phenoxy) is 1. The molecule has 0 aliphatic carbocycles. The van der Waals surface area contributed by atoms with Gasteiger partial charge in [-0.2, -0.15) is 13.2 Å². The van der Waals surface area contributed by atoms with Crippen LogP contribution in [0, 0.1) is 0 Å². The number of anilines is 1. The number of hydrogen-bond acceptors (Lipinski definition) is 3. The first-order valence-electron chi connectivity index (χ1n) is 6.14. The van der Waals surface area contributed by atoms with Gasteiger partial charge in [0, 0.05) is 25.3 Å². The Balaban J connectivity index is 2.19. The zero-order valence-electron chi connectivity index (χ0n) is 10.9. The van der Waals surface area contributed by atoms with E-state index in [4.69, 9.17) is 5.73 Å². The molecular formula is C13H17F3N2O2. The monoisotopic (exact) mass is 290 g/mol. The van der Waals surface area contributed by atoms with E-state index in [1.807, 2.05) is 0 Å². The van der Waals surface area contributed by atoms with Crippen LogP contribution in [-0.4, -0.2) is 25.3 Å². The molecule has 7 heteroatoms. The van der Waals surface area contributed by atoms with Gasteiger partial charge in [0.2, 0.25) is 5.91 Å². The minimum absolute atomic E-state index is 0.0982. The molecule has 0 aromatic heterocycles. The summed E-state index contributed by atoms with van der Waals surface area (Å²) in [5, 5.41) is 2.64. The van der Waals surface area contributed by atoms with Gasteiger partial charge >= 0.3 is 6.18 Å². The number of halogens is 3. The smallest absolute Gasteiger partial charge is 0.372 e. The summed E-state index contributed by atoms with van der Waals surface area (Å²) < 4.78 is 39.7. The van der Waals surface area contributed by atoms with Crippen molar-refractivity contribution in [1.82, 2.24) is 0 Å². The Morgan fingerprint density at radius 1 is 1.25 bits per heavy atom. The Hall–Kier alpha value is -1.60. The molecular weight excluding hydrogens is 273 g/mol. The van der Waals surface area contributed by atoms with Gasteiger partial charge in [-0.05, 0) is 24.1 Å². The lowest BCUT2D eigenvalue weighted by atomic mass is 10.2. The molecule has 0 spiro atoms. The fraction of sp³-hybridized carbons (Fsp3) is 0.462. The van der Waals surface area contributed by atoms with E-state index in [1.54, 1.807) is 24.3 Å². The van der Waals surface area contributed by atoms with Crippen LogP contribution in [0.5, 0.6) is 0 Å². The predicted molar refractivity (Wildman–Crippen MR) is 69.1 cm³/mol. The van der Waals surface area contributed by atoms with E-state index in [0.29, 0.717) is 12.2 Å². The SMILES string of the molecule is NCc1ccc(NC(=O)CCCOCC(F)(F)F)cc1. The third-order valence-corrected chi connectivity index (χ3v) is 2.43. The molecule has 1 aromatic rings. The van der Waals surface area contributed by atoms with Gasteiger partial charge in [0.15, 0.2) is 0 Å². The maximum Gasteiger partial charge on any atom is 0.411 e.